The standard InChI is InChI=1S/C18H21FN2O3S/c1-13-5-6-14(2)17(11-13)21(4)18(22)12-20(3)25(23,24)16-9-7-15(19)8-10-16/h5-11H,12H2,1-4H3. The summed E-state index contributed by atoms with van der Waals surface area (Å²) in [6.45, 7) is 3.49. The molecule has 0 aromatic heterocycles. The van der Waals surface area contributed by atoms with E-state index in [0.29, 0.717) is 0 Å². The van der Waals surface area contributed by atoms with Gasteiger partial charge in [-0.1, -0.05) is 12.1 Å². The molecule has 5 nitrogen and oxygen atoms in total. The van der Waals surface area contributed by atoms with Crippen molar-refractivity contribution in [3.63, 3.8) is 0 Å². The Kier molecular flexibility index (Phi) is 5.59. The molecule has 0 unspecified atom stereocenters. The second-order valence-corrected chi connectivity index (χ2v) is 8.00. The minimum Gasteiger partial charge on any atom is -0.314 e. The maximum absolute atomic E-state index is 13.0. The summed E-state index contributed by atoms with van der Waals surface area (Å²) < 4.78 is 38.9. The maximum atomic E-state index is 13.0. The van der Waals surface area contributed by atoms with Gasteiger partial charge in [0.2, 0.25) is 15.9 Å². The summed E-state index contributed by atoms with van der Waals surface area (Å²) in [7, 11) is -0.925. The van der Waals surface area contributed by atoms with Gasteiger partial charge < -0.3 is 4.90 Å². The van der Waals surface area contributed by atoms with Crippen molar-refractivity contribution in [1.29, 1.82) is 0 Å². The molecule has 0 atom stereocenters. The van der Waals surface area contributed by atoms with Crippen LogP contribution in [0, 0.1) is 19.7 Å². The van der Waals surface area contributed by atoms with E-state index >= 15 is 0 Å². The van der Waals surface area contributed by atoms with E-state index in [0.717, 1.165) is 33.3 Å². The first-order valence-corrected chi connectivity index (χ1v) is 9.12. The molecule has 0 radical (unpaired) electrons. The summed E-state index contributed by atoms with van der Waals surface area (Å²) in [5.74, 6) is -0.880. The van der Waals surface area contributed by atoms with Crippen molar-refractivity contribution in [3.8, 4) is 0 Å². The van der Waals surface area contributed by atoms with E-state index in [1.807, 2.05) is 32.0 Å². The van der Waals surface area contributed by atoms with E-state index in [-0.39, 0.29) is 17.3 Å². The Morgan fingerprint density at radius 2 is 1.64 bits per heavy atom. The Balaban J connectivity index is 2.18. The van der Waals surface area contributed by atoms with E-state index in [2.05, 4.69) is 0 Å². The van der Waals surface area contributed by atoms with E-state index in [1.54, 1.807) is 7.05 Å². The topological polar surface area (TPSA) is 57.7 Å². The Morgan fingerprint density at radius 3 is 2.24 bits per heavy atom. The molecule has 0 saturated carbocycles. The number of sulfonamides is 1. The summed E-state index contributed by atoms with van der Waals surface area (Å²) in [5.41, 5.74) is 2.66. The van der Waals surface area contributed by atoms with Gasteiger partial charge >= 0.3 is 0 Å². The third kappa shape index (κ3) is 4.24. The van der Waals surface area contributed by atoms with Gasteiger partial charge in [-0.05, 0) is 55.3 Å². The van der Waals surface area contributed by atoms with Crippen LogP contribution in [0.25, 0.3) is 0 Å². The molecule has 134 valence electrons. The normalized spacial score (nSPS) is 11.6. The van der Waals surface area contributed by atoms with Crippen molar-refractivity contribution >= 4 is 21.6 Å². The van der Waals surface area contributed by atoms with Crippen molar-refractivity contribution in [2.75, 3.05) is 25.5 Å². The molecule has 0 aliphatic carbocycles. The first-order valence-electron chi connectivity index (χ1n) is 7.68. The number of hydrogen-bond donors (Lipinski definition) is 0. The van der Waals surface area contributed by atoms with Crippen LogP contribution in [0.2, 0.25) is 0 Å². The number of aryl methyl sites for hydroxylation is 2. The van der Waals surface area contributed by atoms with Gasteiger partial charge in [0, 0.05) is 19.8 Å². The summed E-state index contributed by atoms with van der Waals surface area (Å²) in [6.07, 6.45) is 0. The molecule has 0 saturated heterocycles. The van der Waals surface area contributed by atoms with Crippen molar-refractivity contribution < 1.29 is 17.6 Å². The highest BCUT2D eigenvalue weighted by molar-refractivity contribution is 7.89. The first-order chi connectivity index (χ1) is 11.6. The summed E-state index contributed by atoms with van der Waals surface area (Å²) in [5, 5.41) is 0. The minimum atomic E-state index is -3.87. The Labute approximate surface area is 147 Å². The fourth-order valence-corrected chi connectivity index (χ4v) is 3.50. The zero-order valence-corrected chi connectivity index (χ0v) is 15.5. The molecule has 0 heterocycles. The number of rotatable bonds is 5. The molecule has 1 amide bonds. The van der Waals surface area contributed by atoms with Crippen molar-refractivity contribution in [2.24, 2.45) is 0 Å². The molecule has 0 fully saturated rings. The first kappa shape index (κ1) is 19.1. The molecule has 0 N–H and O–H groups in total. The number of benzene rings is 2. The molecule has 0 aliphatic heterocycles. The minimum absolute atomic E-state index is 0.0569. The average molecular weight is 364 g/mol. The largest absolute Gasteiger partial charge is 0.314 e. The van der Waals surface area contributed by atoms with Gasteiger partial charge in [0.25, 0.3) is 0 Å². The molecule has 2 aromatic rings. The van der Waals surface area contributed by atoms with E-state index in [1.165, 1.54) is 24.1 Å². The zero-order chi connectivity index (χ0) is 18.8. The van der Waals surface area contributed by atoms with E-state index in [9.17, 15) is 17.6 Å². The molecule has 7 heteroatoms. The van der Waals surface area contributed by atoms with E-state index < -0.39 is 15.8 Å². The third-order valence-corrected chi connectivity index (χ3v) is 5.80. The van der Waals surface area contributed by atoms with Crippen molar-refractivity contribution in [3.05, 3.63) is 59.4 Å². The quantitative estimate of drug-likeness (QED) is 0.820. The monoisotopic (exact) mass is 364 g/mol. The number of nitrogens with zero attached hydrogens (tertiary/aromatic N) is 2. The molecule has 2 aromatic carbocycles. The van der Waals surface area contributed by atoms with Crippen LogP contribution in [0.1, 0.15) is 11.1 Å². The van der Waals surface area contributed by atoms with Gasteiger partial charge in [-0.2, -0.15) is 4.31 Å². The molecule has 0 spiro atoms. The SMILES string of the molecule is Cc1ccc(C)c(N(C)C(=O)CN(C)S(=O)(=O)c2ccc(F)cc2)c1. The second-order valence-electron chi connectivity index (χ2n) is 5.96. The van der Waals surface area contributed by atoms with Gasteiger partial charge in [-0.25, -0.2) is 12.8 Å². The number of amides is 1. The van der Waals surface area contributed by atoms with Crippen LogP contribution in [0.4, 0.5) is 10.1 Å². The Hall–Kier alpha value is -2.25. The molecule has 2 rings (SSSR count). The summed E-state index contributed by atoms with van der Waals surface area (Å²) in [6, 6.07) is 10.2. The highest BCUT2D eigenvalue weighted by Crippen LogP contribution is 2.21. The van der Waals surface area contributed by atoms with Gasteiger partial charge in [0.15, 0.2) is 0 Å². The van der Waals surface area contributed by atoms with Gasteiger partial charge in [0.1, 0.15) is 5.82 Å². The molecular formula is C18H21FN2O3S. The van der Waals surface area contributed by atoms with Crippen LogP contribution < -0.4 is 4.90 Å². The number of hydrogen-bond acceptors (Lipinski definition) is 3. The van der Waals surface area contributed by atoms with Crippen LogP contribution >= 0.6 is 0 Å². The Morgan fingerprint density at radius 1 is 1.04 bits per heavy atom. The van der Waals surface area contributed by atoms with Gasteiger partial charge in [0.05, 0.1) is 11.4 Å². The molecule has 0 aliphatic rings. The fraction of sp³-hybridized carbons (Fsp3) is 0.278. The number of carbonyl (C=O) groups is 1. The van der Waals surface area contributed by atoms with Gasteiger partial charge in [-0.3, -0.25) is 4.79 Å². The third-order valence-electron chi connectivity index (χ3n) is 3.98. The van der Waals surface area contributed by atoms with E-state index in [4.69, 9.17) is 0 Å². The van der Waals surface area contributed by atoms with Crippen molar-refractivity contribution in [2.45, 2.75) is 18.7 Å². The van der Waals surface area contributed by atoms with Crippen LogP contribution in [0.3, 0.4) is 0 Å². The molecule has 0 bridgehead atoms. The smallest absolute Gasteiger partial charge is 0.243 e. The van der Waals surface area contributed by atoms with Crippen molar-refractivity contribution in [1.82, 2.24) is 4.31 Å². The summed E-state index contributed by atoms with van der Waals surface area (Å²) >= 11 is 0. The number of anilines is 1. The zero-order valence-electron chi connectivity index (χ0n) is 14.7. The number of halogens is 1. The number of likely N-dealkylation sites (N-methyl/N-ethyl adjacent to an activating group) is 2. The lowest BCUT2D eigenvalue weighted by atomic mass is 10.1. The lowest BCUT2D eigenvalue weighted by Crippen LogP contribution is -2.39. The van der Waals surface area contributed by atoms with Crippen LogP contribution in [0.5, 0.6) is 0 Å². The lowest BCUT2D eigenvalue weighted by molar-refractivity contribution is -0.118. The van der Waals surface area contributed by atoms with Crippen LogP contribution in [-0.4, -0.2) is 39.3 Å². The second kappa shape index (κ2) is 7.33. The maximum Gasteiger partial charge on any atom is 0.243 e. The average Bonchev–Trinajstić information content (AvgIpc) is 2.56. The highest BCUT2D eigenvalue weighted by Gasteiger charge is 2.25. The predicted molar refractivity (Wildman–Crippen MR) is 95.5 cm³/mol. The molecule has 25 heavy (non-hydrogen) atoms. The Bertz CT molecular complexity index is 880. The van der Waals surface area contributed by atoms with Gasteiger partial charge in [-0.15, -0.1) is 0 Å². The van der Waals surface area contributed by atoms with Crippen LogP contribution in [-0.2, 0) is 14.8 Å². The molecular weight excluding hydrogens is 343 g/mol. The van der Waals surface area contributed by atoms with Crippen LogP contribution in [0.15, 0.2) is 47.4 Å². The number of carbonyl (C=O) groups excluding carboxylic acids is 1. The fourth-order valence-electron chi connectivity index (χ4n) is 2.38. The lowest BCUT2D eigenvalue weighted by Gasteiger charge is -2.23. The highest BCUT2D eigenvalue weighted by atomic mass is 32.2. The summed E-state index contributed by atoms with van der Waals surface area (Å²) in [4.78, 5) is 13.9. The predicted octanol–water partition coefficient (Wildman–Crippen LogP) is 2.73.